The van der Waals surface area contributed by atoms with Crippen molar-refractivity contribution in [2.24, 2.45) is 7.05 Å². The number of halogens is 1. The summed E-state index contributed by atoms with van der Waals surface area (Å²) in [4.78, 5) is 20.7. The fraction of sp³-hybridized carbons (Fsp3) is 0.643. The summed E-state index contributed by atoms with van der Waals surface area (Å²) in [7, 11) is 1.73. The maximum Gasteiger partial charge on any atom is 0.330 e. The molecule has 1 aliphatic rings. The minimum Gasteiger partial charge on any atom is -0.395 e. The number of aliphatic hydroxyl groups excluding tert-OH is 1. The molecule has 22 heavy (non-hydrogen) atoms. The lowest BCUT2D eigenvalue weighted by atomic mass is 9.91. The predicted molar refractivity (Wildman–Crippen MR) is 84.2 cm³/mol. The molecule has 2 N–H and O–H groups in total. The van der Waals surface area contributed by atoms with Crippen molar-refractivity contribution in [2.75, 3.05) is 13.2 Å². The van der Waals surface area contributed by atoms with Crippen molar-refractivity contribution in [1.82, 2.24) is 24.4 Å². The van der Waals surface area contributed by atoms with Gasteiger partial charge in [0.15, 0.2) is 5.65 Å². The highest BCUT2D eigenvalue weighted by atomic mass is 35.5. The number of rotatable bonds is 4. The zero-order valence-corrected chi connectivity index (χ0v) is 13.3. The molecule has 0 amide bonds. The van der Waals surface area contributed by atoms with E-state index in [4.69, 9.17) is 16.7 Å². The number of aliphatic hydroxyl groups is 1. The Kier molecular flexibility index (Phi) is 4.46. The fourth-order valence-electron chi connectivity index (χ4n) is 3.25. The molecule has 7 nitrogen and oxygen atoms in total. The third-order valence-corrected chi connectivity index (χ3v) is 4.59. The van der Waals surface area contributed by atoms with Crippen molar-refractivity contribution in [2.45, 2.75) is 37.8 Å². The van der Waals surface area contributed by atoms with Crippen LogP contribution in [0.2, 0.25) is 5.28 Å². The van der Waals surface area contributed by atoms with Gasteiger partial charge in [0.05, 0.1) is 12.8 Å². The van der Waals surface area contributed by atoms with Gasteiger partial charge in [0.25, 0.3) is 0 Å². The summed E-state index contributed by atoms with van der Waals surface area (Å²) < 4.78 is 3.33. The van der Waals surface area contributed by atoms with E-state index in [9.17, 15) is 4.79 Å². The Morgan fingerprint density at radius 2 is 2.14 bits per heavy atom. The molecule has 120 valence electrons. The smallest absolute Gasteiger partial charge is 0.330 e. The largest absolute Gasteiger partial charge is 0.395 e. The average molecular weight is 326 g/mol. The van der Waals surface area contributed by atoms with Gasteiger partial charge in [-0.3, -0.25) is 9.13 Å². The number of fused-ring (bicyclic) bond motifs is 1. The van der Waals surface area contributed by atoms with Crippen LogP contribution in [0.15, 0.2) is 11.0 Å². The topological polar surface area (TPSA) is 85.0 Å². The first kappa shape index (κ1) is 15.5. The minimum absolute atomic E-state index is 0.0710. The van der Waals surface area contributed by atoms with Crippen LogP contribution in [0.4, 0.5) is 0 Å². The Morgan fingerprint density at radius 3 is 2.82 bits per heavy atom. The lowest BCUT2D eigenvalue weighted by molar-refractivity contribution is 0.252. The van der Waals surface area contributed by atoms with Crippen LogP contribution in [0.5, 0.6) is 0 Å². The first-order valence-electron chi connectivity index (χ1n) is 7.55. The van der Waals surface area contributed by atoms with E-state index in [1.54, 1.807) is 22.4 Å². The van der Waals surface area contributed by atoms with Gasteiger partial charge in [-0.2, -0.15) is 4.98 Å². The summed E-state index contributed by atoms with van der Waals surface area (Å²) in [5, 5.41) is 12.4. The Morgan fingerprint density at radius 1 is 1.41 bits per heavy atom. The Labute approximate surface area is 132 Å². The van der Waals surface area contributed by atoms with E-state index in [1.165, 1.54) is 0 Å². The normalized spacial score (nSPS) is 22.3. The highest BCUT2D eigenvalue weighted by Crippen LogP contribution is 2.29. The van der Waals surface area contributed by atoms with E-state index in [2.05, 4.69) is 15.3 Å². The van der Waals surface area contributed by atoms with Gasteiger partial charge in [-0.1, -0.05) is 0 Å². The maximum atomic E-state index is 12.5. The molecule has 8 heteroatoms. The summed E-state index contributed by atoms with van der Waals surface area (Å²) in [6.07, 6.45) is 5.36. The fourth-order valence-corrected chi connectivity index (χ4v) is 3.38. The molecular weight excluding hydrogens is 306 g/mol. The SMILES string of the molecule is Cn1c(=O)n(C2CCC(NCCO)CC2)c2nc(Cl)ncc21. The van der Waals surface area contributed by atoms with Crippen LogP contribution >= 0.6 is 11.6 Å². The minimum atomic E-state index is -0.0710. The monoisotopic (exact) mass is 325 g/mol. The summed E-state index contributed by atoms with van der Waals surface area (Å²) in [5.74, 6) is 0. The molecule has 2 heterocycles. The summed E-state index contributed by atoms with van der Waals surface area (Å²) in [6, 6.07) is 0.543. The molecule has 2 aromatic heterocycles. The second kappa shape index (κ2) is 6.36. The van der Waals surface area contributed by atoms with E-state index in [0.29, 0.717) is 23.8 Å². The molecule has 0 spiro atoms. The number of imidazole rings is 1. The maximum absolute atomic E-state index is 12.5. The van der Waals surface area contributed by atoms with Gasteiger partial charge in [0, 0.05) is 25.7 Å². The predicted octanol–water partition coefficient (Wildman–Crippen LogP) is 0.849. The van der Waals surface area contributed by atoms with Crippen LogP contribution in [0.25, 0.3) is 11.2 Å². The molecule has 3 rings (SSSR count). The van der Waals surface area contributed by atoms with Crippen LogP contribution in [-0.4, -0.2) is 43.4 Å². The van der Waals surface area contributed by atoms with Crippen molar-refractivity contribution in [1.29, 1.82) is 0 Å². The summed E-state index contributed by atoms with van der Waals surface area (Å²) >= 11 is 5.89. The van der Waals surface area contributed by atoms with Gasteiger partial charge < -0.3 is 10.4 Å². The van der Waals surface area contributed by atoms with E-state index in [0.717, 1.165) is 25.7 Å². The Bertz CT molecular complexity index is 718. The van der Waals surface area contributed by atoms with Crippen molar-refractivity contribution < 1.29 is 5.11 Å². The Hall–Kier alpha value is -1.44. The lowest BCUT2D eigenvalue weighted by Gasteiger charge is -2.29. The quantitative estimate of drug-likeness (QED) is 0.814. The van der Waals surface area contributed by atoms with Crippen LogP contribution in [0.1, 0.15) is 31.7 Å². The van der Waals surface area contributed by atoms with Crippen LogP contribution in [0, 0.1) is 0 Å². The number of nitrogens with zero attached hydrogens (tertiary/aromatic N) is 4. The number of aryl methyl sites for hydroxylation is 1. The molecule has 1 saturated carbocycles. The average Bonchev–Trinajstić information content (AvgIpc) is 2.77. The zero-order valence-electron chi connectivity index (χ0n) is 12.5. The molecular formula is C14H20ClN5O2. The first-order valence-corrected chi connectivity index (χ1v) is 7.93. The van der Waals surface area contributed by atoms with Crippen molar-refractivity contribution in [3.8, 4) is 0 Å². The molecule has 2 aromatic rings. The molecule has 0 bridgehead atoms. The van der Waals surface area contributed by atoms with E-state index in [1.807, 2.05) is 0 Å². The second-order valence-corrected chi connectivity index (χ2v) is 6.08. The molecule has 0 atom stereocenters. The lowest BCUT2D eigenvalue weighted by Crippen LogP contribution is -2.37. The van der Waals surface area contributed by atoms with Crippen LogP contribution in [-0.2, 0) is 7.05 Å². The number of hydrogen-bond acceptors (Lipinski definition) is 5. The van der Waals surface area contributed by atoms with Gasteiger partial charge in [-0.15, -0.1) is 0 Å². The van der Waals surface area contributed by atoms with Crippen LogP contribution in [0.3, 0.4) is 0 Å². The molecule has 0 unspecified atom stereocenters. The molecule has 1 aliphatic carbocycles. The highest BCUT2D eigenvalue weighted by Gasteiger charge is 2.26. The Balaban J connectivity index is 1.87. The first-order chi connectivity index (χ1) is 10.6. The molecule has 1 fully saturated rings. The molecule has 0 aliphatic heterocycles. The van der Waals surface area contributed by atoms with Crippen LogP contribution < -0.4 is 11.0 Å². The molecule has 0 radical (unpaired) electrons. The van der Waals surface area contributed by atoms with Crippen molar-refractivity contribution in [3.63, 3.8) is 0 Å². The number of aromatic nitrogens is 4. The summed E-state index contributed by atoms with van der Waals surface area (Å²) in [5.41, 5.74) is 1.24. The van der Waals surface area contributed by atoms with Gasteiger partial charge >= 0.3 is 5.69 Å². The van der Waals surface area contributed by atoms with Gasteiger partial charge in [-0.05, 0) is 37.3 Å². The molecule has 0 aromatic carbocycles. The molecule has 0 saturated heterocycles. The highest BCUT2D eigenvalue weighted by molar-refractivity contribution is 6.28. The second-order valence-electron chi connectivity index (χ2n) is 5.74. The summed E-state index contributed by atoms with van der Waals surface area (Å²) in [6.45, 7) is 0.768. The standard InChI is InChI=1S/C14H20ClN5O2/c1-19-11-8-17-13(15)18-12(11)20(14(19)22)10-4-2-9(3-5-10)16-6-7-21/h8-10,16,21H,2-7H2,1H3. The van der Waals surface area contributed by atoms with Gasteiger partial charge in [-0.25, -0.2) is 9.78 Å². The third kappa shape index (κ3) is 2.76. The van der Waals surface area contributed by atoms with Crippen molar-refractivity contribution >= 4 is 22.8 Å². The third-order valence-electron chi connectivity index (χ3n) is 4.41. The van der Waals surface area contributed by atoms with Crippen molar-refractivity contribution in [3.05, 3.63) is 22.0 Å². The zero-order chi connectivity index (χ0) is 15.7. The van der Waals surface area contributed by atoms with E-state index in [-0.39, 0.29) is 23.6 Å². The van der Waals surface area contributed by atoms with Gasteiger partial charge in [0.1, 0.15) is 5.52 Å². The number of nitrogens with one attached hydrogen (secondary N) is 1. The van der Waals surface area contributed by atoms with E-state index >= 15 is 0 Å². The number of hydrogen-bond donors (Lipinski definition) is 2. The van der Waals surface area contributed by atoms with E-state index < -0.39 is 0 Å². The van der Waals surface area contributed by atoms with Gasteiger partial charge in [0.2, 0.25) is 5.28 Å².